The van der Waals surface area contributed by atoms with Gasteiger partial charge in [0.05, 0.1) is 11.8 Å². The van der Waals surface area contributed by atoms with Gasteiger partial charge in [-0.05, 0) is 31.7 Å². The number of carbonyl (C=O) groups excluding carboxylic acids is 1. The van der Waals surface area contributed by atoms with E-state index in [0.29, 0.717) is 11.2 Å². The second kappa shape index (κ2) is 6.83. The minimum absolute atomic E-state index is 0.0524. The number of aromatic nitrogens is 2. The Morgan fingerprint density at radius 3 is 2.78 bits per heavy atom. The fourth-order valence-electron chi connectivity index (χ4n) is 3.41. The van der Waals surface area contributed by atoms with Crippen LogP contribution in [0.25, 0.3) is 10.2 Å². The maximum absolute atomic E-state index is 12.3. The number of fused-ring (bicyclic) bond motifs is 1. The topological polar surface area (TPSA) is 74.8 Å². The molecule has 0 aliphatic heterocycles. The number of carbonyl (C=O) groups is 1. The molecule has 23 heavy (non-hydrogen) atoms. The van der Waals surface area contributed by atoms with Gasteiger partial charge in [-0.3, -0.25) is 9.59 Å². The fraction of sp³-hybridized carbons (Fsp3) is 0.588. The van der Waals surface area contributed by atoms with E-state index in [0.717, 1.165) is 34.5 Å². The number of nitrogens with one attached hydrogen (secondary N) is 2. The number of hydrogen-bond acceptors (Lipinski definition) is 4. The van der Waals surface area contributed by atoms with Crippen molar-refractivity contribution in [3.8, 4) is 0 Å². The number of amides is 1. The SMILES string of the molecule is CCc1c(C)sc2nc(CC(=O)NC3CCCCC3)[nH]c(=O)c12. The lowest BCUT2D eigenvalue weighted by atomic mass is 9.95. The van der Waals surface area contributed by atoms with Crippen molar-refractivity contribution < 1.29 is 4.79 Å². The van der Waals surface area contributed by atoms with Crippen LogP contribution in [0.2, 0.25) is 0 Å². The van der Waals surface area contributed by atoms with Crippen LogP contribution in [0.5, 0.6) is 0 Å². The molecule has 6 heteroatoms. The Balaban J connectivity index is 1.78. The molecule has 0 radical (unpaired) electrons. The number of aryl methyl sites for hydroxylation is 2. The molecule has 2 aromatic heterocycles. The largest absolute Gasteiger partial charge is 0.353 e. The van der Waals surface area contributed by atoms with Crippen molar-refractivity contribution >= 4 is 27.5 Å². The monoisotopic (exact) mass is 333 g/mol. The van der Waals surface area contributed by atoms with Gasteiger partial charge in [-0.15, -0.1) is 11.3 Å². The molecule has 2 heterocycles. The van der Waals surface area contributed by atoms with Gasteiger partial charge in [0.15, 0.2) is 0 Å². The van der Waals surface area contributed by atoms with Gasteiger partial charge in [0.25, 0.3) is 5.56 Å². The number of aromatic amines is 1. The molecular formula is C17H23N3O2S. The Morgan fingerprint density at radius 2 is 2.09 bits per heavy atom. The van der Waals surface area contributed by atoms with E-state index in [9.17, 15) is 9.59 Å². The summed E-state index contributed by atoms with van der Waals surface area (Å²) in [5, 5.41) is 3.75. The summed E-state index contributed by atoms with van der Waals surface area (Å²) in [6.45, 7) is 4.06. The summed E-state index contributed by atoms with van der Waals surface area (Å²) in [4.78, 5) is 33.7. The third-order valence-electron chi connectivity index (χ3n) is 4.56. The van der Waals surface area contributed by atoms with Gasteiger partial charge in [0.1, 0.15) is 10.7 Å². The number of nitrogens with zero attached hydrogens (tertiary/aromatic N) is 1. The van der Waals surface area contributed by atoms with Gasteiger partial charge in [0, 0.05) is 10.9 Å². The summed E-state index contributed by atoms with van der Waals surface area (Å²) in [7, 11) is 0. The number of rotatable bonds is 4. The van der Waals surface area contributed by atoms with Crippen LogP contribution in [-0.4, -0.2) is 21.9 Å². The molecule has 1 aliphatic carbocycles. The van der Waals surface area contributed by atoms with Crippen LogP contribution < -0.4 is 10.9 Å². The molecule has 0 spiro atoms. The van der Waals surface area contributed by atoms with Gasteiger partial charge >= 0.3 is 0 Å². The zero-order valence-corrected chi connectivity index (χ0v) is 14.5. The predicted molar refractivity (Wildman–Crippen MR) is 93.1 cm³/mol. The van der Waals surface area contributed by atoms with Crippen molar-refractivity contribution in [2.24, 2.45) is 0 Å². The maximum atomic E-state index is 12.3. The van der Waals surface area contributed by atoms with Crippen molar-refractivity contribution in [1.82, 2.24) is 15.3 Å². The smallest absolute Gasteiger partial charge is 0.259 e. The first-order valence-electron chi connectivity index (χ1n) is 8.39. The molecule has 0 unspecified atom stereocenters. The first-order valence-corrected chi connectivity index (χ1v) is 9.20. The predicted octanol–water partition coefficient (Wildman–Crippen LogP) is 2.85. The third-order valence-corrected chi connectivity index (χ3v) is 5.60. The highest BCUT2D eigenvalue weighted by Crippen LogP contribution is 2.27. The first-order chi connectivity index (χ1) is 11.1. The Bertz CT molecular complexity index is 772. The molecule has 0 saturated heterocycles. The van der Waals surface area contributed by atoms with Crippen molar-refractivity contribution in [2.45, 2.75) is 64.8 Å². The minimum atomic E-state index is -0.128. The molecule has 0 atom stereocenters. The average molecular weight is 333 g/mol. The van der Waals surface area contributed by atoms with Crippen LogP contribution in [0.1, 0.15) is 55.3 Å². The molecule has 0 bridgehead atoms. The van der Waals surface area contributed by atoms with Gasteiger partial charge < -0.3 is 10.3 Å². The highest BCUT2D eigenvalue weighted by Gasteiger charge is 2.18. The third kappa shape index (κ3) is 3.47. The zero-order chi connectivity index (χ0) is 16.4. The molecule has 124 valence electrons. The second-order valence-electron chi connectivity index (χ2n) is 6.26. The molecular weight excluding hydrogens is 310 g/mol. The summed E-state index contributed by atoms with van der Waals surface area (Å²) < 4.78 is 0. The van der Waals surface area contributed by atoms with Crippen molar-refractivity contribution in [3.05, 3.63) is 26.6 Å². The maximum Gasteiger partial charge on any atom is 0.259 e. The van der Waals surface area contributed by atoms with E-state index < -0.39 is 0 Å². The van der Waals surface area contributed by atoms with E-state index >= 15 is 0 Å². The van der Waals surface area contributed by atoms with E-state index in [4.69, 9.17) is 0 Å². The quantitative estimate of drug-likeness (QED) is 0.903. The van der Waals surface area contributed by atoms with Crippen LogP contribution >= 0.6 is 11.3 Å². The summed E-state index contributed by atoms with van der Waals surface area (Å²) in [6.07, 6.45) is 6.69. The molecule has 2 aromatic rings. The van der Waals surface area contributed by atoms with Crippen LogP contribution in [0.4, 0.5) is 0 Å². The first kappa shape index (κ1) is 16.2. The summed E-state index contributed by atoms with van der Waals surface area (Å²) in [6, 6.07) is 0.280. The average Bonchev–Trinajstić information content (AvgIpc) is 2.83. The molecule has 2 N–H and O–H groups in total. The summed E-state index contributed by atoms with van der Waals surface area (Å²) >= 11 is 1.53. The highest BCUT2D eigenvalue weighted by molar-refractivity contribution is 7.18. The Labute approximate surface area is 139 Å². The van der Waals surface area contributed by atoms with Gasteiger partial charge in [-0.1, -0.05) is 26.2 Å². The van der Waals surface area contributed by atoms with E-state index in [1.54, 1.807) is 0 Å². The molecule has 1 amide bonds. The van der Waals surface area contributed by atoms with Crippen LogP contribution in [0.15, 0.2) is 4.79 Å². The number of hydrogen-bond donors (Lipinski definition) is 2. The summed E-state index contributed by atoms with van der Waals surface area (Å²) in [5.74, 6) is 0.406. The lowest BCUT2D eigenvalue weighted by Gasteiger charge is -2.22. The Hall–Kier alpha value is -1.69. The van der Waals surface area contributed by atoms with Gasteiger partial charge in [0.2, 0.25) is 5.91 Å². The second-order valence-corrected chi connectivity index (χ2v) is 7.47. The van der Waals surface area contributed by atoms with Gasteiger partial charge in [-0.25, -0.2) is 4.98 Å². The lowest BCUT2D eigenvalue weighted by Crippen LogP contribution is -2.37. The molecule has 1 aliphatic rings. The van der Waals surface area contributed by atoms with Crippen molar-refractivity contribution in [3.63, 3.8) is 0 Å². The number of H-pyrrole nitrogens is 1. The Kier molecular flexibility index (Phi) is 4.80. The minimum Gasteiger partial charge on any atom is -0.353 e. The summed E-state index contributed by atoms with van der Waals surface area (Å²) in [5.41, 5.74) is 0.939. The Morgan fingerprint density at radius 1 is 1.35 bits per heavy atom. The van der Waals surface area contributed by atoms with E-state index in [2.05, 4.69) is 15.3 Å². The van der Waals surface area contributed by atoms with Crippen molar-refractivity contribution in [1.29, 1.82) is 0 Å². The molecule has 5 nitrogen and oxygen atoms in total. The van der Waals surface area contributed by atoms with E-state index in [1.165, 1.54) is 30.6 Å². The molecule has 1 fully saturated rings. The van der Waals surface area contributed by atoms with Crippen LogP contribution in [-0.2, 0) is 17.6 Å². The molecule has 0 aromatic carbocycles. The van der Waals surface area contributed by atoms with Crippen molar-refractivity contribution in [2.75, 3.05) is 0 Å². The number of thiophene rings is 1. The standard InChI is InChI=1S/C17H23N3O2S/c1-3-12-10(2)23-17-15(12)16(22)19-13(20-17)9-14(21)18-11-7-5-4-6-8-11/h11H,3-9H2,1-2H3,(H,18,21)(H,19,20,22). The van der Waals surface area contributed by atoms with Crippen LogP contribution in [0.3, 0.4) is 0 Å². The molecule has 3 rings (SSSR count). The molecule has 1 saturated carbocycles. The van der Waals surface area contributed by atoms with E-state index in [1.807, 2.05) is 13.8 Å². The normalized spacial score (nSPS) is 15.9. The zero-order valence-electron chi connectivity index (χ0n) is 13.7. The van der Waals surface area contributed by atoms with Crippen LogP contribution in [0, 0.1) is 6.92 Å². The van der Waals surface area contributed by atoms with Gasteiger partial charge in [-0.2, -0.15) is 0 Å². The lowest BCUT2D eigenvalue weighted by molar-refractivity contribution is -0.121. The van der Waals surface area contributed by atoms with E-state index in [-0.39, 0.29) is 23.9 Å². The fourth-order valence-corrected chi connectivity index (χ4v) is 4.54. The highest BCUT2D eigenvalue weighted by atomic mass is 32.1.